The lowest BCUT2D eigenvalue weighted by molar-refractivity contribution is -0.117. The van der Waals surface area contributed by atoms with Gasteiger partial charge in [-0.05, 0) is 68.8 Å². The van der Waals surface area contributed by atoms with Crippen molar-refractivity contribution in [3.8, 4) is 0 Å². The summed E-state index contributed by atoms with van der Waals surface area (Å²) in [5.41, 5.74) is 3.46. The predicted molar refractivity (Wildman–Crippen MR) is 114 cm³/mol. The third kappa shape index (κ3) is 4.85. The van der Waals surface area contributed by atoms with Gasteiger partial charge in [-0.3, -0.25) is 4.79 Å². The number of carbonyl (C=O) groups is 2. The van der Waals surface area contributed by atoms with Crippen LogP contribution in [0.2, 0.25) is 0 Å². The Labute approximate surface area is 170 Å². The number of aryl methyl sites for hydroxylation is 1. The molecule has 3 amide bonds. The molecule has 7 heteroatoms. The molecule has 154 valence electrons. The van der Waals surface area contributed by atoms with Crippen LogP contribution in [0, 0.1) is 12.7 Å². The Morgan fingerprint density at radius 2 is 1.86 bits per heavy atom. The predicted octanol–water partition coefficient (Wildman–Crippen LogP) is 3.91. The average molecular weight is 398 g/mol. The molecule has 1 aliphatic rings. The minimum Gasteiger partial charge on any atom is -0.372 e. The van der Waals surface area contributed by atoms with E-state index < -0.39 is 0 Å². The number of amides is 3. The summed E-state index contributed by atoms with van der Waals surface area (Å²) in [6.45, 7) is 8.37. The maximum atomic E-state index is 13.1. The van der Waals surface area contributed by atoms with Crippen LogP contribution in [0.1, 0.15) is 25.8 Å². The van der Waals surface area contributed by atoms with Crippen LogP contribution in [0.5, 0.6) is 0 Å². The van der Waals surface area contributed by atoms with Crippen LogP contribution in [-0.4, -0.2) is 37.6 Å². The number of carbonyl (C=O) groups excluding carboxylic acids is 2. The molecular weight excluding hydrogens is 371 g/mol. The average Bonchev–Trinajstić information content (AvgIpc) is 3.05. The number of hydrogen-bond acceptors (Lipinski definition) is 3. The van der Waals surface area contributed by atoms with Crippen molar-refractivity contribution in [1.29, 1.82) is 0 Å². The highest BCUT2D eigenvalue weighted by Crippen LogP contribution is 2.24. The van der Waals surface area contributed by atoms with E-state index in [1.54, 1.807) is 17.0 Å². The van der Waals surface area contributed by atoms with E-state index in [1.165, 1.54) is 12.1 Å². The molecule has 0 bridgehead atoms. The molecule has 1 aliphatic heterocycles. The zero-order valence-electron chi connectivity index (χ0n) is 17.0. The number of rotatable bonds is 6. The van der Waals surface area contributed by atoms with E-state index in [-0.39, 0.29) is 30.2 Å². The summed E-state index contributed by atoms with van der Waals surface area (Å²) in [5, 5.41) is 5.73. The van der Waals surface area contributed by atoms with E-state index in [0.717, 1.165) is 30.0 Å². The Bertz CT molecular complexity index is 881. The van der Waals surface area contributed by atoms with Gasteiger partial charge in [0.25, 0.3) is 0 Å². The maximum absolute atomic E-state index is 13.1. The van der Waals surface area contributed by atoms with Gasteiger partial charge in [-0.25, -0.2) is 9.18 Å². The first-order valence-electron chi connectivity index (χ1n) is 9.90. The summed E-state index contributed by atoms with van der Waals surface area (Å²) in [4.78, 5) is 28.5. The van der Waals surface area contributed by atoms with E-state index in [9.17, 15) is 14.0 Å². The molecule has 1 atom stereocenters. The van der Waals surface area contributed by atoms with E-state index in [4.69, 9.17) is 0 Å². The summed E-state index contributed by atoms with van der Waals surface area (Å²) in [6.07, 6.45) is 0.213. The van der Waals surface area contributed by atoms with Gasteiger partial charge in [-0.2, -0.15) is 0 Å². The fraction of sp³-hybridized carbons (Fsp3) is 0.364. The zero-order valence-corrected chi connectivity index (χ0v) is 17.0. The summed E-state index contributed by atoms with van der Waals surface area (Å²) in [5.74, 6) is -0.446. The maximum Gasteiger partial charge on any atom is 0.319 e. The summed E-state index contributed by atoms with van der Waals surface area (Å²) in [6, 6.07) is 11.1. The SMILES string of the molecule is CCN(CC)c1ccc(NC(=O)NC2CC(=O)N(c3ccc(F)cc3)C2)c(C)c1. The van der Waals surface area contributed by atoms with Crippen molar-refractivity contribution in [1.82, 2.24) is 5.32 Å². The van der Waals surface area contributed by atoms with Gasteiger partial charge < -0.3 is 20.4 Å². The Hall–Kier alpha value is -3.09. The number of halogens is 1. The molecule has 2 aromatic carbocycles. The summed E-state index contributed by atoms with van der Waals surface area (Å²) >= 11 is 0. The highest BCUT2D eigenvalue weighted by molar-refractivity contribution is 5.97. The Morgan fingerprint density at radius 1 is 1.17 bits per heavy atom. The largest absolute Gasteiger partial charge is 0.372 e. The molecule has 0 saturated carbocycles. The van der Waals surface area contributed by atoms with Gasteiger partial charge in [-0.1, -0.05) is 0 Å². The molecule has 2 N–H and O–H groups in total. The number of nitrogens with zero attached hydrogens (tertiary/aromatic N) is 2. The molecule has 29 heavy (non-hydrogen) atoms. The molecule has 0 aromatic heterocycles. The van der Waals surface area contributed by atoms with E-state index >= 15 is 0 Å². The third-order valence-corrected chi connectivity index (χ3v) is 5.19. The van der Waals surface area contributed by atoms with Crippen molar-refractivity contribution >= 4 is 29.0 Å². The first-order valence-corrected chi connectivity index (χ1v) is 9.90. The van der Waals surface area contributed by atoms with Crippen LogP contribution in [-0.2, 0) is 4.79 Å². The second kappa shape index (κ2) is 8.94. The lowest BCUT2D eigenvalue weighted by Crippen LogP contribution is -2.39. The standard InChI is InChI=1S/C22H27FN4O2/c1-4-26(5-2)19-10-11-20(15(3)12-19)25-22(29)24-17-13-21(28)27(14-17)18-8-6-16(23)7-9-18/h6-12,17H,4-5,13-14H2,1-3H3,(H2,24,25,29). The molecule has 3 rings (SSSR count). The summed E-state index contributed by atoms with van der Waals surface area (Å²) in [7, 11) is 0. The van der Waals surface area contributed by atoms with Gasteiger partial charge in [0.1, 0.15) is 5.82 Å². The lowest BCUT2D eigenvalue weighted by atomic mass is 10.1. The number of urea groups is 1. The topological polar surface area (TPSA) is 64.7 Å². The van der Waals surface area contributed by atoms with Crippen molar-refractivity contribution in [3.05, 3.63) is 53.8 Å². The fourth-order valence-electron chi connectivity index (χ4n) is 3.59. The molecule has 1 unspecified atom stereocenters. The first-order chi connectivity index (χ1) is 13.9. The van der Waals surface area contributed by atoms with Gasteiger partial charge >= 0.3 is 6.03 Å². The molecule has 0 aliphatic carbocycles. The van der Waals surface area contributed by atoms with E-state index in [0.29, 0.717) is 12.2 Å². The Balaban J connectivity index is 1.60. The minimum absolute atomic E-state index is 0.0957. The highest BCUT2D eigenvalue weighted by Gasteiger charge is 2.31. The number of nitrogens with one attached hydrogen (secondary N) is 2. The molecule has 1 saturated heterocycles. The van der Waals surface area contributed by atoms with Gasteiger partial charge in [0.15, 0.2) is 0 Å². The normalized spacial score (nSPS) is 16.1. The second-order valence-corrected chi connectivity index (χ2v) is 7.15. The van der Waals surface area contributed by atoms with Crippen molar-refractivity contribution < 1.29 is 14.0 Å². The second-order valence-electron chi connectivity index (χ2n) is 7.15. The molecule has 0 spiro atoms. The smallest absolute Gasteiger partial charge is 0.319 e. The molecule has 6 nitrogen and oxygen atoms in total. The Morgan fingerprint density at radius 3 is 2.48 bits per heavy atom. The van der Waals surface area contributed by atoms with Gasteiger partial charge in [0.2, 0.25) is 5.91 Å². The van der Waals surface area contributed by atoms with E-state index in [1.807, 2.05) is 19.1 Å². The molecule has 0 radical (unpaired) electrons. The van der Waals surface area contributed by atoms with Gasteiger partial charge in [-0.15, -0.1) is 0 Å². The van der Waals surface area contributed by atoms with Crippen LogP contribution in [0.25, 0.3) is 0 Å². The first kappa shape index (κ1) is 20.6. The van der Waals surface area contributed by atoms with Crippen molar-refractivity contribution in [3.63, 3.8) is 0 Å². The number of benzene rings is 2. The zero-order chi connectivity index (χ0) is 21.0. The molecule has 2 aromatic rings. The van der Waals surface area contributed by atoms with Crippen LogP contribution < -0.4 is 20.4 Å². The van der Waals surface area contributed by atoms with Crippen molar-refractivity contribution in [2.75, 3.05) is 34.8 Å². The number of hydrogen-bond donors (Lipinski definition) is 2. The monoisotopic (exact) mass is 398 g/mol. The lowest BCUT2D eigenvalue weighted by Gasteiger charge is -2.22. The minimum atomic E-state index is -0.350. The van der Waals surface area contributed by atoms with Crippen molar-refractivity contribution in [2.24, 2.45) is 0 Å². The van der Waals surface area contributed by atoms with E-state index in [2.05, 4.69) is 35.4 Å². The van der Waals surface area contributed by atoms with Crippen LogP contribution in [0.4, 0.5) is 26.2 Å². The van der Waals surface area contributed by atoms with Crippen LogP contribution in [0.15, 0.2) is 42.5 Å². The highest BCUT2D eigenvalue weighted by atomic mass is 19.1. The third-order valence-electron chi connectivity index (χ3n) is 5.19. The molecule has 1 fully saturated rings. The number of anilines is 3. The molecular formula is C22H27FN4O2. The van der Waals surface area contributed by atoms with Crippen molar-refractivity contribution in [2.45, 2.75) is 33.2 Å². The van der Waals surface area contributed by atoms with Gasteiger partial charge in [0, 0.05) is 43.1 Å². The van der Waals surface area contributed by atoms with Crippen LogP contribution in [0.3, 0.4) is 0 Å². The fourth-order valence-corrected chi connectivity index (χ4v) is 3.59. The Kier molecular flexibility index (Phi) is 6.36. The van der Waals surface area contributed by atoms with Crippen LogP contribution >= 0.6 is 0 Å². The van der Waals surface area contributed by atoms with Gasteiger partial charge in [0.05, 0.1) is 6.04 Å². The summed E-state index contributed by atoms with van der Waals surface area (Å²) < 4.78 is 13.1. The molecule has 1 heterocycles. The quantitative estimate of drug-likeness (QED) is 0.776.